The first-order valence-electron chi connectivity index (χ1n) is 6.51. The number of rotatable bonds is 6. The highest BCUT2D eigenvalue weighted by molar-refractivity contribution is 9.10. The normalized spacial score (nSPS) is 9.41. The minimum atomic E-state index is 0.156. The van der Waals surface area contributed by atoms with Crippen LogP contribution in [0.1, 0.15) is 18.9 Å². The lowest BCUT2D eigenvalue weighted by atomic mass is 10.0. The predicted molar refractivity (Wildman–Crippen MR) is 86.0 cm³/mol. The van der Waals surface area contributed by atoms with Gasteiger partial charge in [-0.05, 0) is 52.9 Å². The molecule has 0 heterocycles. The van der Waals surface area contributed by atoms with E-state index in [1.807, 2.05) is 18.2 Å². The summed E-state index contributed by atoms with van der Waals surface area (Å²) in [6.45, 7) is 1.79. The van der Waals surface area contributed by atoms with E-state index in [1.54, 1.807) is 28.3 Å². The minimum Gasteiger partial charge on any atom is -0.493 e. The summed E-state index contributed by atoms with van der Waals surface area (Å²) in [5.74, 6) is 1.64. The van der Waals surface area contributed by atoms with E-state index in [1.165, 1.54) is 0 Å². The maximum absolute atomic E-state index is 8.88. The average molecular weight is 365 g/mol. The van der Waals surface area contributed by atoms with Crippen molar-refractivity contribution in [2.24, 2.45) is 0 Å². The molecule has 0 aliphatic heterocycles. The molecular formula is C16H17BrN2O3. The Hall–Kier alpha value is -2.18. The second-order valence-electron chi connectivity index (χ2n) is 4.50. The van der Waals surface area contributed by atoms with Gasteiger partial charge in [-0.2, -0.15) is 10.5 Å². The smallest absolute Gasteiger partial charge is 0.204 e. The molecule has 0 aliphatic rings. The standard InChI is InChI=1S/C16H17BrN2O3/c1-10(12(8-18)9-19)5-6-11-7-13(20-2)15(21-3)16(22-4)14(11)17/h7H,5-6H2,1-4H3. The van der Waals surface area contributed by atoms with Gasteiger partial charge in [-0.25, -0.2) is 0 Å². The Morgan fingerprint density at radius 1 is 1.09 bits per heavy atom. The van der Waals surface area contributed by atoms with E-state index in [-0.39, 0.29) is 5.57 Å². The molecule has 1 rings (SSSR count). The van der Waals surface area contributed by atoms with Gasteiger partial charge >= 0.3 is 0 Å². The molecule has 22 heavy (non-hydrogen) atoms. The second kappa shape index (κ2) is 8.31. The maximum Gasteiger partial charge on any atom is 0.204 e. The van der Waals surface area contributed by atoms with E-state index in [2.05, 4.69) is 15.9 Å². The molecule has 0 saturated carbocycles. The first-order chi connectivity index (χ1) is 10.5. The summed E-state index contributed by atoms with van der Waals surface area (Å²) in [5.41, 5.74) is 1.86. The van der Waals surface area contributed by atoms with Crippen molar-refractivity contribution in [3.05, 3.63) is 27.2 Å². The van der Waals surface area contributed by atoms with Gasteiger partial charge in [0.05, 0.1) is 25.8 Å². The van der Waals surface area contributed by atoms with Gasteiger partial charge in [0.15, 0.2) is 11.5 Å². The van der Waals surface area contributed by atoms with Crippen molar-refractivity contribution in [3.63, 3.8) is 0 Å². The molecule has 1 aromatic carbocycles. The molecule has 0 N–H and O–H groups in total. The number of hydrogen-bond donors (Lipinski definition) is 0. The molecule has 0 aromatic heterocycles. The van der Waals surface area contributed by atoms with E-state index in [0.717, 1.165) is 15.6 Å². The molecule has 0 saturated heterocycles. The van der Waals surface area contributed by atoms with Crippen LogP contribution >= 0.6 is 15.9 Å². The quantitative estimate of drug-likeness (QED) is 0.718. The van der Waals surface area contributed by atoms with Gasteiger partial charge in [0.25, 0.3) is 0 Å². The van der Waals surface area contributed by atoms with Crippen LogP contribution < -0.4 is 14.2 Å². The van der Waals surface area contributed by atoms with Gasteiger partial charge in [-0.3, -0.25) is 0 Å². The fraction of sp³-hybridized carbons (Fsp3) is 0.375. The van der Waals surface area contributed by atoms with Crippen molar-refractivity contribution in [2.75, 3.05) is 21.3 Å². The maximum atomic E-state index is 8.88. The summed E-state index contributed by atoms with van der Waals surface area (Å²) in [6, 6.07) is 5.66. The Morgan fingerprint density at radius 3 is 2.14 bits per heavy atom. The van der Waals surface area contributed by atoms with Crippen LogP contribution in [0.5, 0.6) is 17.2 Å². The fourth-order valence-corrected chi connectivity index (χ4v) is 2.67. The van der Waals surface area contributed by atoms with Crippen LogP contribution in [0.4, 0.5) is 0 Å². The van der Waals surface area contributed by atoms with Crippen LogP contribution in [0, 0.1) is 22.7 Å². The Kier molecular flexibility index (Phi) is 6.75. The molecule has 1 aromatic rings. The summed E-state index contributed by atoms with van der Waals surface area (Å²) in [6.07, 6.45) is 1.23. The van der Waals surface area contributed by atoms with Gasteiger partial charge < -0.3 is 14.2 Å². The van der Waals surface area contributed by atoms with E-state index < -0.39 is 0 Å². The van der Waals surface area contributed by atoms with E-state index in [9.17, 15) is 0 Å². The number of ether oxygens (including phenoxy) is 3. The summed E-state index contributed by atoms with van der Waals surface area (Å²) < 4.78 is 16.8. The summed E-state index contributed by atoms with van der Waals surface area (Å²) in [7, 11) is 4.66. The Morgan fingerprint density at radius 2 is 1.68 bits per heavy atom. The number of aryl methyl sites for hydroxylation is 1. The van der Waals surface area contributed by atoms with Crippen LogP contribution in [-0.4, -0.2) is 21.3 Å². The van der Waals surface area contributed by atoms with Crippen LogP contribution in [-0.2, 0) is 6.42 Å². The highest BCUT2D eigenvalue weighted by atomic mass is 79.9. The minimum absolute atomic E-state index is 0.156. The third-order valence-corrected chi connectivity index (χ3v) is 4.13. The lowest BCUT2D eigenvalue weighted by Crippen LogP contribution is -2.00. The zero-order valence-electron chi connectivity index (χ0n) is 13.0. The number of allylic oxidation sites excluding steroid dienone is 2. The van der Waals surface area contributed by atoms with Crippen LogP contribution in [0.15, 0.2) is 21.7 Å². The first kappa shape index (κ1) is 17.9. The van der Waals surface area contributed by atoms with Crippen molar-refractivity contribution in [1.29, 1.82) is 10.5 Å². The largest absolute Gasteiger partial charge is 0.493 e. The molecular weight excluding hydrogens is 348 g/mol. The van der Waals surface area contributed by atoms with Crippen LogP contribution in [0.3, 0.4) is 0 Å². The number of nitrogens with zero attached hydrogens (tertiary/aromatic N) is 2. The van der Waals surface area contributed by atoms with Crippen molar-refractivity contribution in [3.8, 4) is 29.4 Å². The molecule has 5 nitrogen and oxygen atoms in total. The molecule has 116 valence electrons. The Labute approximate surface area is 138 Å². The van der Waals surface area contributed by atoms with Gasteiger partial charge in [-0.1, -0.05) is 0 Å². The average Bonchev–Trinajstić information content (AvgIpc) is 2.54. The number of benzene rings is 1. The van der Waals surface area contributed by atoms with Gasteiger partial charge in [-0.15, -0.1) is 0 Å². The topological polar surface area (TPSA) is 75.3 Å². The molecule has 0 radical (unpaired) electrons. The van der Waals surface area contributed by atoms with Crippen molar-refractivity contribution < 1.29 is 14.2 Å². The van der Waals surface area contributed by atoms with Crippen molar-refractivity contribution >= 4 is 15.9 Å². The molecule has 0 spiro atoms. The van der Waals surface area contributed by atoms with Gasteiger partial charge in [0.2, 0.25) is 5.75 Å². The highest BCUT2D eigenvalue weighted by Crippen LogP contribution is 2.45. The highest BCUT2D eigenvalue weighted by Gasteiger charge is 2.19. The summed E-state index contributed by atoms with van der Waals surface area (Å²) >= 11 is 3.51. The first-order valence-corrected chi connectivity index (χ1v) is 7.30. The lowest BCUT2D eigenvalue weighted by Gasteiger charge is -2.16. The van der Waals surface area contributed by atoms with Crippen LogP contribution in [0.25, 0.3) is 0 Å². The molecule has 0 bridgehead atoms. The van der Waals surface area contributed by atoms with Gasteiger partial charge in [0, 0.05) is 0 Å². The SMILES string of the molecule is COc1cc(CCC(C)=C(C#N)C#N)c(Br)c(OC)c1OC. The zero-order chi connectivity index (χ0) is 16.7. The summed E-state index contributed by atoms with van der Waals surface area (Å²) in [5, 5.41) is 17.8. The van der Waals surface area contributed by atoms with E-state index in [0.29, 0.717) is 30.1 Å². The molecule has 0 amide bonds. The number of hydrogen-bond acceptors (Lipinski definition) is 5. The Balaban J connectivity index is 3.20. The monoisotopic (exact) mass is 364 g/mol. The third kappa shape index (κ3) is 3.72. The number of halogens is 1. The molecule has 0 atom stereocenters. The zero-order valence-corrected chi connectivity index (χ0v) is 14.6. The Bertz CT molecular complexity index is 653. The fourth-order valence-electron chi connectivity index (χ4n) is 2.02. The molecule has 0 fully saturated rings. The van der Waals surface area contributed by atoms with E-state index >= 15 is 0 Å². The van der Waals surface area contributed by atoms with Crippen LogP contribution in [0.2, 0.25) is 0 Å². The van der Waals surface area contributed by atoms with E-state index in [4.69, 9.17) is 24.7 Å². The second-order valence-corrected chi connectivity index (χ2v) is 5.29. The molecule has 0 unspecified atom stereocenters. The number of methoxy groups -OCH3 is 3. The predicted octanol–water partition coefficient (Wildman–Crippen LogP) is 3.77. The lowest BCUT2D eigenvalue weighted by molar-refractivity contribution is 0.322. The third-order valence-electron chi connectivity index (χ3n) is 3.26. The van der Waals surface area contributed by atoms with Gasteiger partial charge in [0.1, 0.15) is 17.7 Å². The molecule has 6 heteroatoms. The number of nitriles is 2. The van der Waals surface area contributed by atoms with Crippen molar-refractivity contribution in [1.82, 2.24) is 0 Å². The van der Waals surface area contributed by atoms with Crippen molar-refractivity contribution in [2.45, 2.75) is 19.8 Å². The molecule has 0 aliphatic carbocycles. The summed E-state index contributed by atoms with van der Waals surface area (Å²) in [4.78, 5) is 0.